The summed E-state index contributed by atoms with van der Waals surface area (Å²) in [6, 6.07) is 11.1. The van der Waals surface area contributed by atoms with Crippen molar-refractivity contribution < 1.29 is 14.3 Å². The van der Waals surface area contributed by atoms with Gasteiger partial charge in [-0.05, 0) is 30.7 Å². The van der Waals surface area contributed by atoms with Gasteiger partial charge in [0.05, 0.1) is 5.92 Å². The molecule has 4 heteroatoms. The number of carboxylic acids is 1. The minimum Gasteiger partial charge on any atom is -0.481 e. The van der Waals surface area contributed by atoms with Gasteiger partial charge < -0.3 is 9.52 Å². The van der Waals surface area contributed by atoms with Gasteiger partial charge in [0.2, 0.25) is 0 Å². The average Bonchev–Trinajstić information content (AvgIpc) is 3.00. The molecule has 3 nitrogen and oxygen atoms in total. The molecule has 1 aromatic heterocycles. The van der Waals surface area contributed by atoms with Crippen molar-refractivity contribution in [1.29, 1.82) is 0 Å². The topological polar surface area (TPSA) is 50.4 Å². The predicted molar refractivity (Wildman–Crippen MR) is 67.6 cm³/mol. The predicted octanol–water partition coefficient (Wildman–Crippen LogP) is 3.79. The summed E-state index contributed by atoms with van der Waals surface area (Å²) in [6.07, 6.45) is 0.665. The summed E-state index contributed by atoms with van der Waals surface area (Å²) in [5, 5.41) is 9.54. The first-order valence-electron chi connectivity index (χ1n) is 5.73. The van der Waals surface area contributed by atoms with Crippen LogP contribution in [0.25, 0.3) is 11.3 Å². The molecule has 0 bridgehead atoms. The van der Waals surface area contributed by atoms with E-state index in [-0.39, 0.29) is 11.8 Å². The van der Waals surface area contributed by atoms with Crippen molar-refractivity contribution in [2.75, 3.05) is 0 Å². The van der Waals surface area contributed by atoms with Crippen LogP contribution in [0.2, 0.25) is 5.02 Å². The lowest BCUT2D eigenvalue weighted by molar-refractivity contribution is -0.138. The lowest BCUT2D eigenvalue weighted by Gasteiger charge is -1.97. The second-order valence-electron chi connectivity index (χ2n) is 4.50. The van der Waals surface area contributed by atoms with E-state index in [0.717, 1.165) is 17.1 Å². The second kappa shape index (κ2) is 4.18. The highest BCUT2D eigenvalue weighted by Crippen LogP contribution is 2.48. The minimum absolute atomic E-state index is 0.0236. The fourth-order valence-corrected chi connectivity index (χ4v) is 2.32. The van der Waals surface area contributed by atoms with Gasteiger partial charge in [-0.2, -0.15) is 0 Å². The maximum absolute atomic E-state index is 10.8. The molecule has 0 saturated heterocycles. The Morgan fingerprint density at radius 3 is 2.83 bits per heavy atom. The molecule has 0 unspecified atom stereocenters. The lowest BCUT2D eigenvalue weighted by Crippen LogP contribution is -1.98. The van der Waals surface area contributed by atoms with E-state index in [1.165, 1.54) is 0 Å². The van der Waals surface area contributed by atoms with Gasteiger partial charge in [0.25, 0.3) is 0 Å². The number of rotatable bonds is 3. The first-order valence-corrected chi connectivity index (χ1v) is 6.11. The quantitative estimate of drug-likeness (QED) is 0.916. The third-order valence-electron chi connectivity index (χ3n) is 3.21. The van der Waals surface area contributed by atoms with Crippen LogP contribution in [0.5, 0.6) is 0 Å². The molecule has 2 atom stereocenters. The summed E-state index contributed by atoms with van der Waals surface area (Å²) in [6.45, 7) is 0. The Labute approximate surface area is 109 Å². The van der Waals surface area contributed by atoms with Gasteiger partial charge in [-0.1, -0.05) is 23.7 Å². The Morgan fingerprint density at radius 2 is 2.17 bits per heavy atom. The summed E-state index contributed by atoms with van der Waals surface area (Å²) >= 11 is 5.92. The van der Waals surface area contributed by atoms with Crippen LogP contribution >= 0.6 is 11.6 Å². The molecule has 0 amide bonds. The number of hydrogen-bond acceptors (Lipinski definition) is 2. The molecule has 0 aliphatic heterocycles. The number of benzene rings is 1. The zero-order valence-corrected chi connectivity index (χ0v) is 10.2. The molecular weight excluding hydrogens is 252 g/mol. The molecule has 18 heavy (non-hydrogen) atoms. The highest BCUT2D eigenvalue weighted by atomic mass is 35.5. The van der Waals surface area contributed by atoms with Crippen molar-refractivity contribution in [3.05, 3.63) is 47.2 Å². The van der Waals surface area contributed by atoms with Gasteiger partial charge >= 0.3 is 5.97 Å². The SMILES string of the molecule is O=C(O)[C@@H]1C[C@@H]1c1ccc(-c2cccc(Cl)c2)o1. The van der Waals surface area contributed by atoms with Crippen molar-refractivity contribution in [1.82, 2.24) is 0 Å². The summed E-state index contributed by atoms with van der Waals surface area (Å²) in [4.78, 5) is 10.8. The molecule has 1 aromatic carbocycles. The van der Waals surface area contributed by atoms with Gasteiger partial charge in [0.15, 0.2) is 0 Å². The highest BCUT2D eigenvalue weighted by Gasteiger charge is 2.46. The van der Waals surface area contributed by atoms with E-state index >= 15 is 0 Å². The molecule has 1 aliphatic carbocycles. The Hall–Kier alpha value is -1.74. The molecule has 3 rings (SSSR count). The van der Waals surface area contributed by atoms with Crippen molar-refractivity contribution in [3.8, 4) is 11.3 Å². The summed E-state index contributed by atoms with van der Waals surface area (Å²) in [5.41, 5.74) is 0.904. The minimum atomic E-state index is -0.749. The van der Waals surface area contributed by atoms with Crippen LogP contribution in [0.3, 0.4) is 0 Å². The third-order valence-corrected chi connectivity index (χ3v) is 3.44. The third kappa shape index (κ3) is 2.02. The fourth-order valence-electron chi connectivity index (χ4n) is 2.13. The van der Waals surface area contributed by atoms with Crippen molar-refractivity contribution in [2.24, 2.45) is 5.92 Å². The van der Waals surface area contributed by atoms with Gasteiger partial charge in [-0.15, -0.1) is 0 Å². The second-order valence-corrected chi connectivity index (χ2v) is 4.94. The Bertz CT molecular complexity index is 603. The zero-order chi connectivity index (χ0) is 12.7. The maximum Gasteiger partial charge on any atom is 0.307 e. The molecule has 0 spiro atoms. The van der Waals surface area contributed by atoms with Crippen molar-refractivity contribution >= 4 is 17.6 Å². The standard InChI is InChI=1S/C14H11ClO3/c15-9-3-1-2-8(6-9)12-4-5-13(18-12)10-7-11(10)14(16)17/h1-6,10-11H,7H2,(H,16,17)/t10-,11+/m0/s1. The molecule has 1 aliphatic rings. The van der Waals surface area contributed by atoms with Gasteiger partial charge in [-0.25, -0.2) is 0 Å². The molecule has 92 valence electrons. The first kappa shape index (κ1) is 11.4. The highest BCUT2D eigenvalue weighted by molar-refractivity contribution is 6.30. The molecule has 1 saturated carbocycles. The van der Waals surface area contributed by atoms with E-state index in [4.69, 9.17) is 21.1 Å². The van der Waals surface area contributed by atoms with Crippen LogP contribution in [0, 0.1) is 5.92 Å². The van der Waals surface area contributed by atoms with E-state index in [2.05, 4.69) is 0 Å². The number of carboxylic acid groups (broad SMARTS) is 1. The van der Waals surface area contributed by atoms with Crippen LogP contribution < -0.4 is 0 Å². The van der Waals surface area contributed by atoms with E-state index in [1.807, 2.05) is 30.3 Å². The number of aliphatic carboxylic acids is 1. The van der Waals surface area contributed by atoms with Crippen LogP contribution in [0.1, 0.15) is 18.1 Å². The maximum atomic E-state index is 10.8. The largest absolute Gasteiger partial charge is 0.481 e. The van der Waals surface area contributed by atoms with Crippen molar-refractivity contribution in [3.63, 3.8) is 0 Å². The Kier molecular flexibility index (Phi) is 2.63. The number of furan rings is 1. The van der Waals surface area contributed by atoms with E-state index < -0.39 is 5.97 Å². The molecular formula is C14H11ClO3. The van der Waals surface area contributed by atoms with Gasteiger partial charge in [0, 0.05) is 16.5 Å². The monoisotopic (exact) mass is 262 g/mol. The van der Waals surface area contributed by atoms with Crippen LogP contribution in [0.15, 0.2) is 40.8 Å². The molecule has 1 fully saturated rings. The van der Waals surface area contributed by atoms with Crippen LogP contribution in [-0.2, 0) is 4.79 Å². The zero-order valence-electron chi connectivity index (χ0n) is 9.47. The average molecular weight is 263 g/mol. The summed E-state index contributed by atoms with van der Waals surface area (Å²) in [7, 11) is 0. The number of carbonyl (C=O) groups is 1. The molecule has 1 N–H and O–H groups in total. The molecule has 2 aromatic rings. The van der Waals surface area contributed by atoms with Crippen LogP contribution in [-0.4, -0.2) is 11.1 Å². The van der Waals surface area contributed by atoms with E-state index in [9.17, 15) is 4.79 Å². The van der Waals surface area contributed by atoms with Gasteiger partial charge in [-0.3, -0.25) is 4.79 Å². The van der Waals surface area contributed by atoms with E-state index in [1.54, 1.807) is 6.07 Å². The summed E-state index contributed by atoms with van der Waals surface area (Å²) < 4.78 is 5.71. The molecule has 1 heterocycles. The Balaban J connectivity index is 1.84. The fraction of sp³-hybridized carbons (Fsp3) is 0.214. The van der Waals surface area contributed by atoms with E-state index in [0.29, 0.717) is 11.4 Å². The van der Waals surface area contributed by atoms with Crippen molar-refractivity contribution in [2.45, 2.75) is 12.3 Å². The van der Waals surface area contributed by atoms with Gasteiger partial charge in [0.1, 0.15) is 11.5 Å². The summed E-state index contributed by atoms with van der Waals surface area (Å²) in [5.74, 6) is 0.459. The lowest BCUT2D eigenvalue weighted by atomic mass is 10.2. The van der Waals surface area contributed by atoms with Crippen LogP contribution in [0.4, 0.5) is 0 Å². The smallest absolute Gasteiger partial charge is 0.307 e. The first-order chi connectivity index (χ1) is 8.65. The normalized spacial score (nSPS) is 21.8. The number of hydrogen-bond donors (Lipinski definition) is 1. The molecule has 0 radical (unpaired) electrons. The Morgan fingerprint density at radius 1 is 1.33 bits per heavy atom. The number of halogens is 1.